The Morgan fingerprint density at radius 2 is 1.69 bits per heavy atom. The Balaban J connectivity index is 2.19. The van der Waals surface area contributed by atoms with E-state index in [9.17, 15) is 18.0 Å². The summed E-state index contributed by atoms with van der Waals surface area (Å²) < 4.78 is 26.5. The van der Waals surface area contributed by atoms with E-state index in [1.54, 1.807) is 11.8 Å². The second-order valence-electron chi connectivity index (χ2n) is 9.50. The van der Waals surface area contributed by atoms with Crippen molar-refractivity contribution in [1.29, 1.82) is 0 Å². The number of sulfonamides is 1. The number of hydrogen-bond acceptors (Lipinski definition) is 4. The highest BCUT2D eigenvalue weighted by atomic mass is 32.2. The largest absolute Gasteiger partial charge is 0.354 e. The van der Waals surface area contributed by atoms with Gasteiger partial charge in [-0.05, 0) is 68.9 Å². The van der Waals surface area contributed by atoms with E-state index in [4.69, 9.17) is 0 Å². The number of amides is 2. The summed E-state index contributed by atoms with van der Waals surface area (Å²) in [4.78, 5) is 27.8. The van der Waals surface area contributed by atoms with E-state index in [1.165, 1.54) is 10.6 Å². The number of nitrogens with one attached hydrogen (secondary N) is 1. The standard InChI is InChI=1S/C28H41N3O4S/c1-7-8-17-29-28(33)24(5)30(20-25-13-10-9-12-22(25)3)27(32)14-11-18-31(36(6,34)35)26-19-21(2)15-16-23(26)4/h9-10,12-13,15-16,19,24H,7-8,11,14,17-18,20H2,1-6H3,(H,29,33). The van der Waals surface area contributed by atoms with Crippen molar-refractivity contribution >= 4 is 27.5 Å². The maximum absolute atomic E-state index is 13.4. The lowest BCUT2D eigenvalue weighted by molar-refractivity contribution is -0.140. The van der Waals surface area contributed by atoms with Crippen LogP contribution in [0.15, 0.2) is 42.5 Å². The minimum absolute atomic E-state index is 0.134. The molecule has 36 heavy (non-hydrogen) atoms. The van der Waals surface area contributed by atoms with Gasteiger partial charge in [0.2, 0.25) is 21.8 Å². The Kier molecular flexibility index (Phi) is 11.0. The van der Waals surface area contributed by atoms with Crippen molar-refractivity contribution < 1.29 is 18.0 Å². The molecule has 1 N–H and O–H groups in total. The molecule has 0 aliphatic rings. The number of aryl methyl sites for hydroxylation is 3. The summed E-state index contributed by atoms with van der Waals surface area (Å²) in [6.45, 7) is 10.7. The molecule has 0 saturated carbocycles. The van der Waals surface area contributed by atoms with E-state index < -0.39 is 16.1 Å². The van der Waals surface area contributed by atoms with Crippen LogP contribution >= 0.6 is 0 Å². The Morgan fingerprint density at radius 3 is 2.33 bits per heavy atom. The van der Waals surface area contributed by atoms with Gasteiger partial charge >= 0.3 is 0 Å². The van der Waals surface area contributed by atoms with Crippen molar-refractivity contribution in [2.45, 2.75) is 72.9 Å². The zero-order valence-corrected chi connectivity index (χ0v) is 23.3. The molecule has 0 radical (unpaired) electrons. The molecule has 0 spiro atoms. The fourth-order valence-electron chi connectivity index (χ4n) is 4.06. The van der Waals surface area contributed by atoms with Crippen LogP contribution in [0.5, 0.6) is 0 Å². The molecule has 8 heteroatoms. The molecule has 2 aromatic carbocycles. The van der Waals surface area contributed by atoms with Crippen LogP contribution < -0.4 is 9.62 Å². The SMILES string of the molecule is CCCCNC(=O)C(C)N(Cc1ccccc1C)C(=O)CCCN(c1cc(C)ccc1C)S(C)(=O)=O. The van der Waals surface area contributed by atoms with Gasteiger partial charge in [0.05, 0.1) is 11.9 Å². The summed E-state index contributed by atoms with van der Waals surface area (Å²) in [7, 11) is -3.53. The number of unbranched alkanes of at least 4 members (excludes halogenated alkanes) is 1. The predicted octanol–water partition coefficient (Wildman–Crippen LogP) is 4.49. The Hall–Kier alpha value is -2.87. The van der Waals surface area contributed by atoms with Crippen LogP contribution in [0.3, 0.4) is 0 Å². The average molecular weight is 516 g/mol. The van der Waals surface area contributed by atoms with Crippen molar-refractivity contribution in [3.8, 4) is 0 Å². The van der Waals surface area contributed by atoms with Crippen molar-refractivity contribution in [3.63, 3.8) is 0 Å². The zero-order valence-electron chi connectivity index (χ0n) is 22.5. The molecule has 198 valence electrons. The van der Waals surface area contributed by atoms with Crippen LogP contribution in [-0.4, -0.2) is 50.5 Å². The normalized spacial score (nSPS) is 12.2. The molecule has 2 rings (SSSR count). The van der Waals surface area contributed by atoms with Crippen LogP contribution in [0.1, 0.15) is 61.8 Å². The van der Waals surface area contributed by atoms with Gasteiger partial charge in [0.25, 0.3) is 0 Å². The minimum atomic E-state index is -3.53. The first kappa shape index (κ1) is 29.4. The summed E-state index contributed by atoms with van der Waals surface area (Å²) in [5, 5.41) is 2.93. The fraction of sp³-hybridized carbons (Fsp3) is 0.500. The van der Waals surface area contributed by atoms with E-state index in [0.717, 1.165) is 35.1 Å². The third-order valence-electron chi connectivity index (χ3n) is 6.38. The predicted molar refractivity (Wildman–Crippen MR) is 146 cm³/mol. The van der Waals surface area contributed by atoms with Crippen molar-refractivity contribution in [1.82, 2.24) is 10.2 Å². The van der Waals surface area contributed by atoms with Gasteiger partial charge in [0, 0.05) is 26.1 Å². The first-order valence-electron chi connectivity index (χ1n) is 12.6. The van der Waals surface area contributed by atoms with Crippen molar-refractivity contribution in [3.05, 3.63) is 64.7 Å². The zero-order chi connectivity index (χ0) is 26.9. The van der Waals surface area contributed by atoms with Gasteiger partial charge < -0.3 is 10.2 Å². The summed E-state index contributed by atoms with van der Waals surface area (Å²) in [6, 6.07) is 12.9. The number of hydrogen-bond donors (Lipinski definition) is 1. The first-order valence-corrected chi connectivity index (χ1v) is 14.5. The van der Waals surface area contributed by atoms with Crippen molar-refractivity contribution in [2.24, 2.45) is 0 Å². The summed E-state index contributed by atoms with van der Waals surface area (Å²) >= 11 is 0. The molecule has 0 aliphatic heterocycles. The van der Waals surface area contributed by atoms with Crippen LogP contribution in [0.4, 0.5) is 5.69 Å². The molecule has 0 aliphatic carbocycles. The number of carbonyl (C=O) groups excluding carboxylic acids is 2. The van der Waals surface area contributed by atoms with Gasteiger partial charge in [0.1, 0.15) is 6.04 Å². The smallest absolute Gasteiger partial charge is 0.242 e. The quantitative estimate of drug-likeness (QED) is 0.398. The molecule has 1 atom stereocenters. The third-order valence-corrected chi connectivity index (χ3v) is 7.56. The minimum Gasteiger partial charge on any atom is -0.354 e. The van der Waals surface area contributed by atoms with E-state index in [-0.39, 0.29) is 24.8 Å². The second-order valence-corrected chi connectivity index (χ2v) is 11.4. The van der Waals surface area contributed by atoms with Crippen LogP contribution in [0.2, 0.25) is 0 Å². The van der Waals surface area contributed by atoms with Gasteiger partial charge in [0.15, 0.2) is 0 Å². The first-order chi connectivity index (χ1) is 17.0. The highest BCUT2D eigenvalue weighted by molar-refractivity contribution is 7.92. The van der Waals surface area contributed by atoms with Crippen LogP contribution in [-0.2, 0) is 26.2 Å². The molecule has 2 amide bonds. The van der Waals surface area contributed by atoms with Gasteiger partial charge in [-0.3, -0.25) is 13.9 Å². The lowest BCUT2D eigenvalue weighted by Gasteiger charge is -2.30. The van der Waals surface area contributed by atoms with Gasteiger partial charge in [-0.25, -0.2) is 8.42 Å². The third kappa shape index (κ3) is 8.36. The number of nitrogens with zero attached hydrogens (tertiary/aromatic N) is 2. The number of carbonyl (C=O) groups is 2. The van der Waals surface area contributed by atoms with E-state index in [2.05, 4.69) is 12.2 Å². The Labute approximate surface area is 216 Å². The van der Waals surface area contributed by atoms with Crippen molar-refractivity contribution in [2.75, 3.05) is 23.7 Å². The maximum atomic E-state index is 13.4. The molecule has 0 bridgehead atoms. The molecule has 0 fully saturated rings. The lowest BCUT2D eigenvalue weighted by Crippen LogP contribution is -2.48. The number of benzene rings is 2. The van der Waals surface area contributed by atoms with Gasteiger partial charge in [-0.2, -0.15) is 0 Å². The van der Waals surface area contributed by atoms with E-state index >= 15 is 0 Å². The molecule has 0 saturated heterocycles. The molecule has 1 unspecified atom stereocenters. The molecule has 0 aromatic heterocycles. The topological polar surface area (TPSA) is 86.8 Å². The Morgan fingerprint density at radius 1 is 1.00 bits per heavy atom. The molecular weight excluding hydrogens is 474 g/mol. The number of anilines is 1. The van der Waals surface area contributed by atoms with Crippen LogP contribution in [0.25, 0.3) is 0 Å². The molecule has 7 nitrogen and oxygen atoms in total. The monoisotopic (exact) mass is 515 g/mol. The fourth-order valence-corrected chi connectivity index (χ4v) is 5.07. The summed E-state index contributed by atoms with van der Waals surface area (Å²) in [5.74, 6) is -0.357. The van der Waals surface area contributed by atoms with E-state index in [1.807, 2.05) is 63.2 Å². The molecule has 0 heterocycles. The Bertz CT molecular complexity index is 1150. The maximum Gasteiger partial charge on any atom is 0.242 e. The van der Waals surface area contributed by atoms with Crippen LogP contribution in [0, 0.1) is 20.8 Å². The summed E-state index contributed by atoms with van der Waals surface area (Å²) in [5.41, 5.74) is 4.48. The highest BCUT2D eigenvalue weighted by Gasteiger charge is 2.27. The molecular formula is C28H41N3O4S. The highest BCUT2D eigenvalue weighted by Crippen LogP contribution is 2.25. The average Bonchev–Trinajstić information content (AvgIpc) is 2.81. The van der Waals surface area contributed by atoms with Gasteiger partial charge in [-0.15, -0.1) is 0 Å². The molecule has 2 aromatic rings. The second kappa shape index (κ2) is 13.4. The number of rotatable bonds is 13. The lowest BCUT2D eigenvalue weighted by atomic mass is 10.1. The summed E-state index contributed by atoms with van der Waals surface area (Å²) in [6.07, 6.45) is 3.51. The van der Waals surface area contributed by atoms with Gasteiger partial charge in [-0.1, -0.05) is 49.7 Å². The van der Waals surface area contributed by atoms with E-state index in [0.29, 0.717) is 25.2 Å².